The molecule has 0 unspecified atom stereocenters. The maximum atomic E-state index is 12.8. The molecule has 1 aromatic heterocycles. The SMILES string of the molecule is C[C@H]1CN(c2ccc(C(F)F)c(Cl)c2)C(=O)c2c(I)cnn21.S. The topological polar surface area (TPSA) is 38.1 Å². The van der Waals surface area contributed by atoms with Crippen molar-refractivity contribution in [1.29, 1.82) is 0 Å². The number of benzene rings is 1. The first-order valence-corrected chi connectivity index (χ1v) is 7.98. The molecule has 0 bridgehead atoms. The van der Waals surface area contributed by atoms with Crippen LogP contribution in [-0.2, 0) is 0 Å². The van der Waals surface area contributed by atoms with E-state index in [4.69, 9.17) is 11.6 Å². The minimum absolute atomic E-state index is 0. The smallest absolute Gasteiger partial charge is 0.277 e. The van der Waals surface area contributed by atoms with Crippen LogP contribution in [0.5, 0.6) is 0 Å². The number of fused-ring (bicyclic) bond motifs is 1. The molecule has 4 nitrogen and oxygen atoms in total. The fraction of sp³-hybridized carbons (Fsp3) is 0.286. The molecule has 0 saturated carbocycles. The number of hydrogen-bond acceptors (Lipinski definition) is 2. The third kappa shape index (κ3) is 3.20. The van der Waals surface area contributed by atoms with Crippen molar-refractivity contribution in [3.63, 3.8) is 0 Å². The molecule has 0 saturated heterocycles. The van der Waals surface area contributed by atoms with Crippen LogP contribution in [-0.4, -0.2) is 22.2 Å². The number of aromatic nitrogens is 2. The molecule has 3 rings (SSSR count). The van der Waals surface area contributed by atoms with Crippen LogP contribution in [0.15, 0.2) is 24.4 Å². The van der Waals surface area contributed by atoms with Gasteiger partial charge in [-0.2, -0.15) is 18.6 Å². The van der Waals surface area contributed by atoms with Gasteiger partial charge in [-0.3, -0.25) is 9.48 Å². The Morgan fingerprint density at radius 1 is 1.43 bits per heavy atom. The highest BCUT2D eigenvalue weighted by molar-refractivity contribution is 14.1. The van der Waals surface area contributed by atoms with E-state index in [9.17, 15) is 13.6 Å². The normalized spacial score (nSPS) is 17.2. The Bertz CT molecular complexity index is 756. The molecule has 0 radical (unpaired) electrons. The lowest BCUT2D eigenvalue weighted by Gasteiger charge is -2.32. The van der Waals surface area contributed by atoms with Crippen molar-refractivity contribution in [3.8, 4) is 0 Å². The van der Waals surface area contributed by atoms with E-state index < -0.39 is 6.43 Å². The second kappa shape index (κ2) is 6.94. The van der Waals surface area contributed by atoms with Crippen LogP contribution in [0.4, 0.5) is 14.5 Å². The van der Waals surface area contributed by atoms with Crippen LogP contribution in [0.1, 0.15) is 35.4 Å². The number of carbonyl (C=O) groups is 1. The minimum Gasteiger partial charge on any atom is -0.305 e. The molecule has 0 fully saturated rings. The predicted octanol–water partition coefficient (Wildman–Crippen LogP) is 4.41. The van der Waals surface area contributed by atoms with E-state index in [1.807, 2.05) is 6.92 Å². The van der Waals surface area contributed by atoms with Crippen molar-refractivity contribution < 1.29 is 13.6 Å². The predicted molar refractivity (Wildman–Crippen MR) is 98.1 cm³/mol. The summed E-state index contributed by atoms with van der Waals surface area (Å²) in [4.78, 5) is 14.2. The number of nitrogens with zero attached hydrogens (tertiary/aromatic N) is 3. The zero-order valence-corrected chi connectivity index (χ0v) is 15.8. The summed E-state index contributed by atoms with van der Waals surface area (Å²) in [5.41, 5.74) is 0.783. The Morgan fingerprint density at radius 3 is 2.74 bits per heavy atom. The summed E-state index contributed by atoms with van der Waals surface area (Å²) in [6.07, 6.45) is -0.999. The number of amides is 1. The summed E-state index contributed by atoms with van der Waals surface area (Å²) in [6, 6.07) is 4.16. The van der Waals surface area contributed by atoms with Crippen LogP contribution in [0, 0.1) is 3.57 Å². The Morgan fingerprint density at radius 2 is 2.13 bits per heavy atom. The van der Waals surface area contributed by atoms with Crippen molar-refractivity contribution >= 4 is 59.3 Å². The van der Waals surface area contributed by atoms with E-state index in [0.29, 0.717) is 17.9 Å². The third-order valence-corrected chi connectivity index (χ3v) is 4.71. The van der Waals surface area contributed by atoms with E-state index in [-0.39, 0.29) is 36.0 Å². The van der Waals surface area contributed by atoms with Crippen molar-refractivity contribution in [2.45, 2.75) is 19.4 Å². The van der Waals surface area contributed by atoms with E-state index in [0.717, 1.165) is 3.57 Å². The van der Waals surface area contributed by atoms with Crippen LogP contribution in [0.25, 0.3) is 0 Å². The van der Waals surface area contributed by atoms with Crippen LogP contribution < -0.4 is 4.90 Å². The molecule has 1 atom stereocenters. The maximum absolute atomic E-state index is 12.8. The highest BCUT2D eigenvalue weighted by atomic mass is 127. The molecule has 1 aliphatic rings. The third-order valence-electron chi connectivity index (χ3n) is 3.59. The summed E-state index contributed by atoms with van der Waals surface area (Å²) in [7, 11) is 0. The van der Waals surface area contributed by atoms with Crippen LogP contribution >= 0.6 is 47.7 Å². The molecule has 23 heavy (non-hydrogen) atoms. The Labute approximate surface area is 157 Å². The van der Waals surface area contributed by atoms with Crippen molar-refractivity contribution in [2.24, 2.45) is 0 Å². The van der Waals surface area contributed by atoms with Gasteiger partial charge in [0.05, 0.1) is 20.8 Å². The van der Waals surface area contributed by atoms with Gasteiger partial charge in [0.25, 0.3) is 12.3 Å². The molecule has 2 aromatic rings. The summed E-state index contributed by atoms with van der Waals surface area (Å²) in [5, 5.41) is 4.17. The standard InChI is InChI=1S/C14H11ClF2IN3O.H2S/c1-7-6-20(14(22)12-11(18)5-19-21(7)12)8-2-3-9(13(16)17)10(15)4-8;/h2-5,7,13H,6H2,1H3;1H2/t7-;/m0./s1. The maximum Gasteiger partial charge on any atom is 0.277 e. The minimum atomic E-state index is -2.64. The second-order valence-corrected chi connectivity index (χ2v) is 6.63. The number of hydrogen-bond donors (Lipinski definition) is 0. The summed E-state index contributed by atoms with van der Waals surface area (Å²) in [5.74, 6) is -0.208. The van der Waals surface area contributed by atoms with Gasteiger partial charge in [-0.05, 0) is 47.7 Å². The molecule has 1 aliphatic heterocycles. The van der Waals surface area contributed by atoms with Gasteiger partial charge in [0, 0.05) is 17.8 Å². The molecule has 9 heteroatoms. The number of rotatable bonds is 2. The second-order valence-electron chi connectivity index (χ2n) is 5.06. The Balaban J connectivity index is 0.00000192. The fourth-order valence-electron chi connectivity index (χ4n) is 2.51. The van der Waals surface area contributed by atoms with Crippen molar-refractivity contribution in [2.75, 3.05) is 11.4 Å². The largest absolute Gasteiger partial charge is 0.305 e. The number of anilines is 1. The van der Waals surface area contributed by atoms with E-state index in [1.165, 1.54) is 18.2 Å². The fourth-order valence-corrected chi connectivity index (χ4v) is 3.37. The van der Waals surface area contributed by atoms with Gasteiger partial charge in [0.1, 0.15) is 5.69 Å². The van der Waals surface area contributed by atoms with Crippen LogP contribution in [0.3, 0.4) is 0 Å². The van der Waals surface area contributed by atoms with Crippen molar-refractivity contribution in [3.05, 3.63) is 44.2 Å². The van der Waals surface area contributed by atoms with Gasteiger partial charge in [0.2, 0.25) is 0 Å². The quantitative estimate of drug-likeness (QED) is 0.609. The molecular weight excluding hydrogens is 459 g/mol. The highest BCUT2D eigenvalue weighted by Gasteiger charge is 2.33. The Kier molecular flexibility index (Phi) is 5.57. The average Bonchev–Trinajstić information content (AvgIpc) is 2.85. The molecular formula is C14H13ClF2IN3OS. The first kappa shape index (κ1) is 18.5. The monoisotopic (exact) mass is 471 g/mol. The van der Waals surface area contributed by atoms with Gasteiger partial charge in [-0.1, -0.05) is 11.6 Å². The van der Waals surface area contributed by atoms with Crippen molar-refractivity contribution in [1.82, 2.24) is 9.78 Å². The van der Waals surface area contributed by atoms with Gasteiger partial charge in [-0.25, -0.2) is 8.78 Å². The zero-order valence-electron chi connectivity index (χ0n) is 11.9. The van der Waals surface area contributed by atoms with E-state index in [1.54, 1.807) is 15.8 Å². The summed E-state index contributed by atoms with van der Waals surface area (Å²) in [6.45, 7) is 2.36. The average molecular weight is 472 g/mol. The molecule has 124 valence electrons. The van der Waals surface area contributed by atoms with Gasteiger partial charge in [-0.15, -0.1) is 0 Å². The van der Waals surface area contributed by atoms with Gasteiger partial charge >= 0.3 is 0 Å². The summed E-state index contributed by atoms with van der Waals surface area (Å²) < 4.78 is 28.0. The molecule has 0 spiro atoms. The first-order valence-electron chi connectivity index (χ1n) is 6.52. The zero-order chi connectivity index (χ0) is 16.0. The number of halogens is 4. The summed E-state index contributed by atoms with van der Waals surface area (Å²) >= 11 is 7.96. The molecule has 0 aliphatic carbocycles. The Hall–Kier alpha value is -0.870. The highest BCUT2D eigenvalue weighted by Crippen LogP contribution is 2.33. The lowest BCUT2D eigenvalue weighted by Crippen LogP contribution is -2.43. The van der Waals surface area contributed by atoms with Gasteiger partial charge in [0.15, 0.2) is 0 Å². The van der Waals surface area contributed by atoms with Crippen LogP contribution in [0.2, 0.25) is 5.02 Å². The van der Waals surface area contributed by atoms with E-state index >= 15 is 0 Å². The molecule has 1 aromatic carbocycles. The van der Waals surface area contributed by atoms with Gasteiger partial charge < -0.3 is 4.90 Å². The first-order chi connectivity index (χ1) is 10.4. The molecule has 1 amide bonds. The lowest BCUT2D eigenvalue weighted by molar-refractivity contribution is 0.0952. The molecule has 2 heterocycles. The number of carbonyl (C=O) groups excluding carboxylic acids is 1. The lowest BCUT2D eigenvalue weighted by atomic mass is 10.1. The number of alkyl halides is 2. The van der Waals surface area contributed by atoms with E-state index in [2.05, 4.69) is 27.7 Å². The molecule has 0 N–H and O–H groups in total.